The highest BCUT2D eigenvalue weighted by Gasteiger charge is 2.31. The Bertz CT molecular complexity index is 868. The number of hydrogen-bond acceptors (Lipinski definition) is 0. The molecule has 0 aliphatic carbocycles. The molecule has 0 fully saturated rings. The van der Waals surface area contributed by atoms with Crippen LogP contribution >= 0.6 is 0 Å². The van der Waals surface area contributed by atoms with Gasteiger partial charge in [0, 0.05) is 0 Å². The lowest BCUT2D eigenvalue weighted by atomic mass is 9.13. The van der Waals surface area contributed by atoms with Crippen molar-refractivity contribution in [2.75, 3.05) is 0 Å². The van der Waals surface area contributed by atoms with Gasteiger partial charge in [-0.2, -0.15) is 21.9 Å². The van der Waals surface area contributed by atoms with Gasteiger partial charge in [-0.1, -0.05) is 103 Å². The van der Waals surface area contributed by atoms with Gasteiger partial charge in [0.2, 0.25) is 0 Å². The van der Waals surface area contributed by atoms with Crippen molar-refractivity contribution in [3.8, 4) is 0 Å². The Hall–Kier alpha value is -3.13. The average molecular weight is 337 g/mol. The van der Waals surface area contributed by atoms with E-state index in [1.54, 1.807) is 12.1 Å². The van der Waals surface area contributed by atoms with Gasteiger partial charge < -0.3 is 0 Å². The van der Waals surface area contributed by atoms with Gasteiger partial charge in [-0.15, -0.1) is 0 Å². The zero-order valence-corrected chi connectivity index (χ0v) is 14.4. The molecular weight excluding hydrogens is 318 g/mol. The number of hydrogen-bond donors (Lipinski definition) is 0. The first-order chi connectivity index (χ1) is 12.8. The number of rotatable bonds is 4. The van der Waals surface area contributed by atoms with E-state index < -0.39 is 6.15 Å². The zero-order valence-electron chi connectivity index (χ0n) is 14.4. The van der Waals surface area contributed by atoms with Crippen LogP contribution in [0.1, 0.15) is 0 Å². The maximum absolute atomic E-state index is 13.7. The Morgan fingerprint density at radius 1 is 0.385 bits per heavy atom. The van der Waals surface area contributed by atoms with Gasteiger partial charge in [-0.25, -0.2) is 4.39 Å². The largest absolute Gasteiger partial charge is 0.207 e. The minimum atomic E-state index is -1.40. The average Bonchev–Trinajstić information content (AvgIpc) is 2.72. The molecule has 0 saturated heterocycles. The lowest BCUT2D eigenvalue weighted by Gasteiger charge is -2.44. The molecule has 0 atom stereocenters. The molecule has 0 nitrogen and oxygen atoms in total. The third-order valence-electron chi connectivity index (χ3n) is 5.27. The summed E-state index contributed by atoms with van der Waals surface area (Å²) in [5, 5.41) is 0. The van der Waals surface area contributed by atoms with Gasteiger partial charge in [0.15, 0.2) is 0 Å². The highest BCUT2D eigenvalue weighted by Crippen LogP contribution is 2.09. The van der Waals surface area contributed by atoms with Crippen LogP contribution in [0.15, 0.2) is 115 Å². The van der Waals surface area contributed by atoms with E-state index in [0.717, 1.165) is 5.46 Å². The molecule has 4 rings (SSSR count). The fourth-order valence-corrected chi connectivity index (χ4v) is 4.13. The topological polar surface area (TPSA) is 0 Å². The Morgan fingerprint density at radius 2 is 0.692 bits per heavy atom. The molecule has 0 spiro atoms. The van der Waals surface area contributed by atoms with Gasteiger partial charge in [0.1, 0.15) is 12.0 Å². The molecule has 0 heterocycles. The van der Waals surface area contributed by atoms with Crippen molar-refractivity contribution < 1.29 is 4.39 Å². The monoisotopic (exact) mass is 337 g/mol. The lowest BCUT2D eigenvalue weighted by molar-refractivity contribution is 0.628. The molecule has 0 amide bonds. The van der Waals surface area contributed by atoms with Gasteiger partial charge in [-0.05, 0) is 12.1 Å². The minimum Gasteiger partial charge on any atom is -0.207 e. The van der Waals surface area contributed by atoms with Crippen molar-refractivity contribution in [1.29, 1.82) is 0 Å². The molecule has 0 aliphatic rings. The smallest absolute Gasteiger partial charge is 0.122 e. The first kappa shape index (κ1) is 16.3. The van der Waals surface area contributed by atoms with E-state index >= 15 is 0 Å². The SMILES string of the molecule is Fc1ccc([B-](c2ccccc2)(c2ccccc2)c2ccccc2)cc1. The van der Waals surface area contributed by atoms with Crippen molar-refractivity contribution in [3.05, 3.63) is 121 Å². The van der Waals surface area contributed by atoms with E-state index in [1.807, 2.05) is 30.3 Å². The summed E-state index contributed by atoms with van der Waals surface area (Å²) >= 11 is 0. The summed E-state index contributed by atoms with van der Waals surface area (Å²) in [6, 6.07) is 38.5. The van der Waals surface area contributed by atoms with Crippen molar-refractivity contribution in [3.63, 3.8) is 0 Å². The molecule has 0 aliphatic heterocycles. The van der Waals surface area contributed by atoms with Crippen LogP contribution < -0.4 is 21.9 Å². The molecule has 2 heteroatoms. The molecule has 0 aromatic heterocycles. The second-order valence-corrected chi connectivity index (χ2v) is 6.65. The molecule has 126 valence electrons. The van der Waals surface area contributed by atoms with Crippen molar-refractivity contribution >= 4 is 28.0 Å². The van der Waals surface area contributed by atoms with Crippen LogP contribution in [0.4, 0.5) is 4.39 Å². The van der Waals surface area contributed by atoms with Crippen LogP contribution in [0, 0.1) is 5.82 Å². The fourth-order valence-electron chi connectivity index (χ4n) is 4.13. The first-order valence-corrected chi connectivity index (χ1v) is 8.90. The lowest BCUT2D eigenvalue weighted by Crippen LogP contribution is -2.74. The predicted octanol–water partition coefficient (Wildman–Crippen LogP) is 3.20. The molecule has 0 saturated carbocycles. The van der Waals surface area contributed by atoms with Crippen LogP contribution in [0.2, 0.25) is 0 Å². The highest BCUT2D eigenvalue weighted by molar-refractivity contribution is 7.19. The number of benzene rings is 4. The van der Waals surface area contributed by atoms with E-state index in [0.29, 0.717) is 0 Å². The maximum atomic E-state index is 13.7. The minimum absolute atomic E-state index is 0.215. The molecule has 0 unspecified atom stereocenters. The summed E-state index contributed by atoms with van der Waals surface area (Å²) < 4.78 is 13.7. The molecule has 0 bridgehead atoms. The summed E-state index contributed by atoms with van der Waals surface area (Å²) in [7, 11) is 0. The third kappa shape index (κ3) is 2.74. The molecule has 0 radical (unpaired) electrons. The van der Waals surface area contributed by atoms with E-state index in [-0.39, 0.29) is 5.82 Å². The summed E-state index contributed by atoms with van der Waals surface area (Å²) in [4.78, 5) is 0. The van der Waals surface area contributed by atoms with Gasteiger partial charge in [0.05, 0.1) is 0 Å². The van der Waals surface area contributed by atoms with Crippen molar-refractivity contribution in [2.24, 2.45) is 0 Å². The Kier molecular flexibility index (Phi) is 4.41. The van der Waals surface area contributed by atoms with Gasteiger partial charge >= 0.3 is 0 Å². The second kappa shape index (κ2) is 7.01. The molecule has 26 heavy (non-hydrogen) atoms. The summed E-state index contributed by atoms with van der Waals surface area (Å²) in [5.74, 6) is -0.215. The van der Waals surface area contributed by atoms with E-state index in [2.05, 4.69) is 72.8 Å². The van der Waals surface area contributed by atoms with Crippen molar-refractivity contribution in [2.45, 2.75) is 0 Å². The summed E-state index contributed by atoms with van der Waals surface area (Å²) in [6.45, 7) is 0. The van der Waals surface area contributed by atoms with Crippen LogP contribution in [0.5, 0.6) is 0 Å². The Morgan fingerprint density at radius 3 is 1.04 bits per heavy atom. The molecule has 0 N–H and O–H groups in total. The normalized spacial score (nSPS) is 11.3. The molecule has 4 aromatic carbocycles. The third-order valence-corrected chi connectivity index (χ3v) is 5.27. The predicted molar refractivity (Wildman–Crippen MR) is 110 cm³/mol. The van der Waals surface area contributed by atoms with E-state index in [1.165, 1.54) is 16.4 Å². The van der Waals surface area contributed by atoms with E-state index in [9.17, 15) is 4.39 Å². The highest BCUT2D eigenvalue weighted by atomic mass is 19.1. The molecule has 4 aromatic rings. The summed E-state index contributed by atoms with van der Waals surface area (Å²) in [6.07, 6.45) is -1.40. The van der Waals surface area contributed by atoms with Crippen LogP contribution in [-0.4, -0.2) is 6.15 Å². The van der Waals surface area contributed by atoms with Crippen molar-refractivity contribution in [1.82, 2.24) is 0 Å². The fraction of sp³-hybridized carbons (Fsp3) is 0. The maximum Gasteiger partial charge on any atom is 0.122 e. The summed E-state index contributed by atoms with van der Waals surface area (Å²) in [5.41, 5.74) is 4.76. The number of halogens is 1. The van der Waals surface area contributed by atoms with Gasteiger partial charge in [-0.3, -0.25) is 0 Å². The van der Waals surface area contributed by atoms with Crippen LogP contribution in [0.3, 0.4) is 0 Å². The van der Waals surface area contributed by atoms with Crippen LogP contribution in [0.25, 0.3) is 0 Å². The van der Waals surface area contributed by atoms with Crippen LogP contribution in [-0.2, 0) is 0 Å². The Labute approximate surface area is 153 Å². The van der Waals surface area contributed by atoms with E-state index in [4.69, 9.17) is 0 Å². The first-order valence-electron chi connectivity index (χ1n) is 8.90. The zero-order chi connectivity index (χ0) is 17.8. The quantitative estimate of drug-likeness (QED) is 0.502. The standard InChI is InChI=1S/C24H19BF/c26-24-18-16-23(17-19-24)25(20-10-4-1-5-11-20,21-12-6-2-7-13-21)22-14-8-3-9-15-22/h1-19H/q-1. The molecular formula is C24H19BF-. The van der Waals surface area contributed by atoms with Gasteiger partial charge in [0.25, 0.3) is 0 Å². The second-order valence-electron chi connectivity index (χ2n) is 6.65. The Balaban J connectivity index is 2.12.